The van der Waals surface area contributed by atoms with Gasteiger partial charge in [-0.1, -0.05) is 24.6 Å². The number of unbranched alkanes of at least 4 members (excludes halogenated alkanes) is 1. The van der Waals surface area contributed by atoms with Gasteiger partial charge in [-0.25, -0.2) is 4.79 Å². The van der Waals surface area contributed by atoms with Gasteiger partial charge in [0.25, 0.3) is 0 Å². The third-order valence-electron chi connectivity index (χ3n) is 6.91. The van der Waals surface area contributed by atoms with Crippen LogP contribution in [0.5, 0.6) is 0 Å². The SMILES string of the molecule is NCCCCC(N)C(=O)NC(CCCN=C(N)N)C(=O)NC(Cc1c[nH]c2ccccc12)C(=O)NC(CCC(N)=O)C(=O)O. The van der Waals surface area contributed by atoms with Gasteiger partial charge in [0.05, 0.1) is 6.04 Å². The summed E-state index contributed by atoms with van der Waals surface area (Å²) in [5.41, 5.74) is 29.0. The number of carbonyl (C=O) groups is 5. The standard InChI is InChI=1S/C28H44N10O6/c29-12-4-3-7-18(30)24(40)36-20(9-5-13-34-28(32)33)25(41)38-22(14-16-15-35-19-8-2-1-6-17(16)19)26(42)37-21(27(43)44)10-11-23(31)39/h1-2,6,8,15,18,20-22,35H,3-5,7,9-14,29-30H2,(H2,31,39)(H,36,40)(H,37,42)(H,38,41)(H,43,44)(H4,32,33,34). The van der Waals surface area contributed by atoms with E-state index in [0.717, 1.165) is 10.9 Å². The second-order valence-corrected chi connectivity index (χ2v) is 10.4. The third kappa shape index (κ3) is 11.9. The largest absolute Gasteiger partial charge is 0.480 e. The van der Waals surface area contributed by atoms with E-state index in [0.29, 0.717) is 37.8 Å². The summed E-state index contributed by atoms with van der Waals surface area (Å²) in [7, 11) is 0. The van der Waals surface area contributed by atoms with E-state index in [2.05, 4.69) is 25.9 Å². The lowest BCUT2D eigenvalue weighted by molar-refractivity contribution is -0.142. The smallest absolute Gasteiger partial charge is 0.326 e. The molecule has 242 valence electrons. The van der Waals surface area contributed by atoms with E-state index in [-0.39, 0.29) is 38.2 Å². The van der Waals surface area contributed by atoms with Gasteiger partial charge in [0.1, 0.15) is 18.1 Å². The molecule has 0 aliphatic rings. The Morgan fingerprint density at radius 2 is 1.50 bits per heavy atom. The van der Waals surface area contributed by atoms with Crippen LogP contribution in [0.1, 0.15) is 50.5 Å². The monoisotopic (exact) mass is 616 g/mol. The van der Waals surface area contributed by atoms with Gasteiger partial charge in [-0.3, -0.25) is 24.2 Å². The average molecular weight is 617 g/mol. The molecular formula is C28H44N10O6. The van der Waals surface area contributed by atoms with Crippen LogP contribution >= 0.6 is 0 Å². The fraction of sp³-hybridized carbons (Fsp3) is 0.500. The first-order valence-electron chi connectivity index (χ1n) is 14.4. The molecule has 2 rings (SSSR count). The van der Waals surface area contributed by atoms with Crippen molar-refractivity contribution in [2.75, 3.05) is 13.1 Å². The Hall–Kier alpha value is -4.70. The highest BCUT2D eigenvalue weighted by Gasteiger charge is 2.31. The minimum Gasteiger partial charge on any atom is -0.480 e. The molecule has 2 aromatic rings. The molecular weight excluding hydrogens is 572 g/mol. The number of aliphatic imine (C=N–C) groups is 1. The maximum absolute atomic E-state index is 13.6. The number of hydrogen-bond donors (Lipinski definition) is 10. The molecule has 0 fully saturated rings. The van der Waals surface area contributed by atoms with Crippen LogP contribution in [-0.2, 0) is 30.4 Å². The number of rotatable bonds is 20. The van der Waals surface area contributed by atoms with Crippen LogP contribution in [0.4, 0.5) is 0 Å². The molecule has 4 atom stereocenters. The number of fused-ring (bicyclic) bond motifs is 1. The van der Waals surface area contributed by atoms with Gasteiger partial charge in [-0.2, -0.15) is 0 Å². The number of aromatic amines is 1. The summed E-state index contributed by atoms with van der Waals surface area (Å²) in [6, 6.07) is 2.64. The number of amides is 4. The van der Waals surface area contributed by atoms with Crippen LogP contribution in [-0.4, -0.2) is 82.9 Å². The zero-order valence-corrected chi connectivity index (χ0v) is 24.6. The first-order valence-corrected chi connectivity index (χ1v) is 14.4. The van der Waals surface area contributed by atoms with Gasteiger partial charge in [-0.05, 0) is 50.3 Å². The van der Waals surface area contributed by atoms with Crippen LogP contribution in [0.25, 0.3) is 10.9 Å². The normalized spacial score (nSPS) is 13.7. The summed E-state index contributed by atoms with van der Waals surface area (Å²) in [6.07, 6.45) is 3.25. The van der Waals surface area contributed by atoms with Crippen molar-refractivity contribution in [3.63, 3.8) is 0 Å². The lowest BCUT2D eigenvalue weighted by Gasteiger charge is -2.25. The van der Waals surface area contributed by atoms with Crippen molar-refractivity contribution in [1.82, 2.24) is 20.9 Å². The molecule has 15 N–H and O–H groups in total. The van der Waals surface area contributed by atoms with E-state index in [1.54, 1.807) is 6.20 Å². The van der Waals surface area contributed by atoms with Crippen molar-refractivity contribution in [2.24, 2.45) is 33.7 Å². The molecule has 0 aliphatic heterocycles. The Morgan fingerprint density at radius 3 is 2.16 bits per heavy atom. The molecule has 1 aromatic carbocycles. The van der Waals surface area contributed by atoms with Crippen molar-refractivity contribution in [3.8, 4) is 0 Å². The Kier molecular flexibility index (Phi) is 14.6. The predicted molar refractivity (Wildman–Crippen MR) is 165 cm³/mol. The summed E-state index contributed by atoms with van der Waals surface area (Å²) < 4.78 is 0. The lowest BCUT2D eigenvalue weighted by Crippen LogP contribution is -2.57. The maximum atomic E-state index is 13.6. The molecule has 0 saturated heterocycles. The average Bonchev–Trinajstić information content (AvgIpc) is 3.38. The molecule has 0 spiro atoms. The van der Waals surface area contributed by atoms with E-state index >= 15 is 0 Å². The minimum atomic E-state index is -1.43. The number of nitrogens with zero attached hydrogens (tertiary/aromatic N) is 1. The zero-order valence-electron chi connectivity index (χ0n) is 24.6. The molecule has 4 amide bonds. The number of aliphatic carboxylic acids is 1. The Balaban J connectivity index is 2.31. The van der Waals surface area contributed by atoms with Crippen molar-refractivity contribution in [2.45, 2.75) is 75.5 Å². The number of nitrogens with two attached hydrogens (primary N) is 5. The van der Waals surface area contributed by atoms with E-state index in [9.17, 15) is 29.1 Å². The quantitative estimate of drug-likeness (QED) is 0.0444. The van der Waals surface area contributed by atoms with E-state index in [1.807, 2.05) is 24.3 Å². The van der Waals surface area contributed by atoms with Crippen LogP contribution in [0, 0.1) is 0 Å². The van der Waals surface area contributed by atoms with E-state index in [1.165, 1.54) is 0 Å². The van der Waals surface area contributed by atoms with Gasteiger partial charge < -0.3 is 54.7 Å². The number of hydrogen-bond acceptors (Lipinski definition) is 8. The Labute approximate surface area is 254 Å². The third-order valence-corrected chi connectivity index (χ3v) is 6.91. The number of carboxylic acid groups (broad SMARTS) is 1. The molecule has 1 heterocycles. The van der Waals surface area contributed by atoms with Crippen LogP contribution in [0.15, 0.2) is 35.5 Å². The van der Waals surface area contributed by atoms with E-state index < -0.39 is 53.8 Å². The predicted octanol–water partition coefficient (Wildman–Crippen LogP) is -1.98. The first kappa shape index (κ1) is 35.5. The molecule has 1 aromatic heterocycles. The Morgan fingerprint density at radius 1 is 0.841 bits per heavy atom. The maximum Gasteiger partial charge on any atom is 0.326 e. The lowest BCUT2D eigenvalue weighted by atomic mass is 10.0. The van der Waals surface area contributed by atoms with Crippen molar-refractivity contribution >= 4 is 46.5 Å². The molecule has 4 unspecified atom stereocenters. The highest BCUT2D eigenvalue weighted by molar-refractivity contribution is 5.95. The second kappa shape index (κ2) is 18.1. The van der Waals surface area contributed by atoms with Gasteiger partial charge in [0.2, 0.25) is 23.6 Å². The number of nitrogens with one attached hydrogen (secondary N) is 4. The van der Waals surface area contributed by atoms with Crippen LogP contribution < -0.4 is 44.6 Å². The molecule has 16 heteroatoms. The zero-order chi connectivity index (χ0) is 32.6. The molecule has 0 aliphatic carbocycles. The Bertz CT molecular complexity index is 1310. The molecule has 44 heavy (non-hydrogen) atoms. The number of guanidine groups is 1. The topological polar surface area (TPSA) is 300 Å². The highest BCUT2D eigenvalue weighted by atomic mass is 16.4. The molecule has 0 bridgehead atoms. The van der Waals surface area contributed by atoms with Crippen molar-refractivity contribution in [1.29, 1.82) is 0 Å². The van der Waals surface area contributed by atoms with Gasteiger partial charge >= 0.3 is 5.97 Å². The second-order valence-electron chi connectivity index (χ2n) is 10.4. The number of benzene rings is 1. The van der Waals surface area contributed by atoms with Crippen molar-refractivity contribution in [3.05, 3.63) is 36.0 Å². The summed E-state index contributed by atoms with van der Waals surface area (Å²) in [6.45, 7) is 0.638. The molecule has 0 saturated carbocycles. The number of para-hydroxylation sites is 1. The fourth-order valence-corrected chi connectivity index (χ4v) is 4.51. The summed E-state index contributed by atoms with van der Waals surface area (Å²) in [5, 5.41) is 18.1. The molecule has 16 nitrogen and oxygen atoms in total. The van der Waals surface area contributed by atoms with Crippen LogP contribution in [0.3, 0.4) is 0 Å². The number of primary amides is 1. The summed E-state index contributed by atoms with van der Waals surface area (Å²) >= 11 is 0. The number of carboxylic acids is 1. The highest BCUT2D eigenvalue weighted by Crippen LogP contribution is 2.19. The van der Waals surface area contributed by atoms with Gasteiger partial charge in [0.15, 0.2) is 5.96 Å². The summed E-state index contributed by atoms with van der Waals surface area (Å²) in [5.74, 6) is -4.28. The van der Waals surface area contributed by atoms with Crippen LogP contribution in [0.2, 0.25) is 0 Å². The molecule has 0 radical (unpaired) electrons. The minimum absolute atomic E-state index is 0.0169. The number of H-pyrrole nitrogens is 1. The van der Waals surface area contributed by atoms with Crippen molar-refractivity contribution < 1.29 is 29.1 Å². The fourth-order valence-electron chi connectivity index (χ4n) is 4.51. The summed E-state index contributed by atoms with van der Waals surface area (Å²) in [4.78, 5) is 70.0. The first-order chi connectivity index (χ1) is 20.9. The van der Waals surface area contributed by atoms with Gasteiger partial charge in [-0.15, -0.1) is 0 Å². The van der Waals surface area contributed by atoms with Gasteiger partial charge in [0, 0.05) is 36.5 Å². The van der Waals surface area contributed by atoms with E-state index in [4.69, 9.17) is 28.7 Å². The number of carbonyl (C=O) groups excluding carboxylic acids is 4. The number of aromatic nitrogens is 1.